The van der Waals surface area contributed by atoms with Crippen molar-refractivity contribution >= 4 is 11.6 Å². The average molecular weight is 153 g/mol. The number of aryl methyl sites for hydroxylation is 1. The van der Waals surface area contributed by atoms with E-state index in [-0.39, 0.29) is 5.91 Å². The van der Waals surface area contributed by atoms with Gasteiger partial charge in [-0.3, -0.25) is 9.48 Å². The number of carbonyl (C=O) groups is 1. The maximum atomic E-state index is 10.6. The summed E-state index contributed by atoms with van der Waals surface area (Å²) in [6, 6.07) is 0. The van der Waals surface area contributed by atoms with Crippen molar-refractivity contribution in [2.45, 2.75) is 13.8 Å². The van der Waals surface area contributed by atoms with Crippen LogP contribution in [0.3, 0.4) is 0 Å². The Hall–Kier alpha value is -1.32. The summed E-state index contributed by atoms with van der Waals surface area (Å²) in [4.78, 5) is 10.6. The predicted molar refractivity (Wildman–Crippen MR) is 42.2 cm³/mol. The molecule has 1 amide bonds. The molecule has 0 unspecified atom stereocenters. The number of carbonyl (C=O) groups excluding carboxylic acids is 1. The molecule has 0 bridgehead atoms. The molecule has 0 aromatic carbocycles. The lowest BCUT2D eigenvalue weighted by Gasteiger charge is -1.99. The molecule has 1 rings (SSSR count). The van der Waals surface area contributed by atoms with Gasteiger partial charge < -0.3 is 5.32 Å². The Balaban J connectivity index is 2.87. The highest BCUT2D eigenvalue weighted by molar-refractivity contribution is 5.89. The summed E-state index contributed by atoms with van der Waals surface area (Å²) in [7, 11) is 1.83. The van der Waals surface area contributed by atoms with E-state index in [1.165, 1.54) is 6.92 Å². The molecular formula is C7H11N3O. The summed E-state index contributed by atoms with van der Waals surface area (Å²) >= 11 is 0. The fraction of sp³-hybridized carbons (Fsp3) is 0.429. The monoisotopic (exact) mass is 153 g/mol. The Kier molecular flexibility index (Phi) is 1.94. The fourth-order valence-corrected chi connectivity index (χ4v) is 0.811. The number of hydrogen-bond acceptors (Lipinski definition) is 2. The van der Waals surface area contributed by atoms with Gasteiger partial charge in [0.2, 0.25) is 5.91 Å². The van der Waals surface area contributed by atoms with Gasteiger partial charge in [0.25, 0.3) is 0 Å². The van der Waals surface area contributed by atoms with E-state index in [0.717, 1.165) is 11.4 Å². The number of amides is 1. The van der Waals surface area contributed by atoms with Crippen LogP contribution in [0.5, 0.6) is 0 Å². The van der Waals surface area contributed by atoms with Crippen molar-refractivity contribution in [2.24, 2.45) is 7.05 Å². The summed E-state index contributed by atoms with van der Waals surface area (Å²) < 4.78 is 1.71. The minimum atomic E-state index is -0.0684. The van der Waals surface area contributed by atoms with E-state index in [1.807, 2.05) is 14.0 Å². The van der Waals surface area contributed by atoms with Gasteiger partial charge in [-0.15, -0.1) is 0 Å². The molecule has 0 saturated heterocycles. The molecule has 0 fully saturated rings. The van der Waals surface area contributed by atoms with Gasteiger partial charge in [0.1, 0.15) is 0 Å². The minimum Gasteiger partial charge on any atom is -0.323 e. The number of aromatic nitrogens is 2. The smallest absolute Gasteiger partial charge is 0.221 e. The molecule has 11 heavy (non-hydrogen) atoms. The molecule has 4 heteroatoms. The first-order chi connectivity index (χ1) is 5.11. The third-order valence-corrected chi connectivity index (χ3v) is 1.55. The minimum absolute atomic E-state index is 0.0684. The summed E-state index contributed by atoms with van der Waals surface area (Å²) in [5, 5.41) is 6.64. The van der Waals surface area contributed by atoms with E-state index in [0.29, 0.717) is 0 Å². The molecular weight excluding hydrogens is 142 g/mol. The number of nitrogens with zero attached hydrogens (tertiary/aromatic N) is 2. The van der Waals surface area contributed by atoms with E-state index in [4.69, 9.17) is 0 Å². The maximum absolute atomic E-state index is 10.6. The van der Waals surface area contributed by atoms with Gasteiger partial charge in [-0.2, -0.15) is 5.10 Å². The summed E-state index contributed by atoms with van der Waals surface area (Å²) in [5.74, 6) is -0.0684. The van der Waals surface area contributed by atoms with Gasteiger partial charge in [0.15, 0.2) is 0 Å². The van der Waals surface area contributed by atoms with Crippen molar-refractivity contribution in [2.75, 3.05) is 5.32 Å². The molecule has 1 heterocycles. The van der Waals surface area contributed by atoms with Crippen molar-refractivity contribution in [1.29, 1.82) is 0 Å². The molecule has 0 atom stereocenters. The first-order valence-corrected chi connectivity index (χ1v) is 3.37. The second-order valence-corrected chi connectivity index (χ2v) is 2.45. The summed E-state index contributed by atoms with van der Waals surface area (Å²) in [6.45, 7) is 3.38. The van der Waals surface area contributed by atoms with Gasteiger partial charge in [-0.1, -0.05) is 0 Å². The molecule has 0 aliphatic rings. The second-order valence-electron chi connectivity index (χ2n) is 2.45. The summed E-state index contributed by atoms with van der Waals surface area (Å²) in [5.41, 5.74) is 1.74. The maximum Gasteiger partial charge on any atom is 0.221 e. The van der Waals surface area contributed by atoms with Crippen LogP contribution in [-0.2, 0) is 11.8 Å². The van der Waals surface area contributed by atoms with Gasteiger partial charge in [-0.25, -0.2) is 0 Å². The van der Waals surface area contributed by atoms with Crippen LogP contribution in [0, 0.1) is 6.92 Å². The van der Waals surface area contributed by atoms with E-state index >= 15 is 0 Å². The van der Waals surface area contributed by atoms with Crippen molar-refractivity contribution in [3.05, 3.63) is 11.9 Å². The van der Waals surface area contributed by atoms with E-state index < -0.39 is 0 Å². The molecule has 4 nitrogen and oxygen atoms in total. The molecule has 0 saturated carbocycles. The highest BCUT2D eigenvalue weighted by Gasteiger charge is 2.03. The number of rotatable bonds is 1. The lowest BCUT2D eigenvalue weighted by molar-refractivity contribution is -0.114. The Morgan fingerprint density at radius 2 is 2.36 bits per heavy atom. The lowest BCUT2D eigenvalue weighted by Crippen LogP contribution is -2.06. The third-order valence-electron chi connectivity index (χ3n) is 1.55. The quantitative estimate of drug-likeness (QED) is 0.645. The molecule has 1 aromatic rings. The van der Waals surface area contributed by atoms with Crippen LogP contribution in [0.25, 0.3) is 0 Å². The van der Waals surface area contributed by atoms with Crippen LogP contribution in [0.15, 0.2) is 6.20 Å². The highest BCUT2D eigenvalue weighted by atomic mass is 16.1. The van der Waals surface area contributed by atoms with Crippen LogP contribution in [0.4, 0.5) is 5.69 Å². The zero-order valence-electron chi connectivity index (χ0n) is 6.88. The SMILES string of the molecule is CC(=O)Nc1cnn(C)c1C. The van der Waals surface area contributed by atoms with E-state index in [1.54, 1.807) is 10.9 Å². The Morgan fingerprint density at radius 1 is 1.73 bits per heavy atom. The van der Waals surface area contributed by atoms with Crippen molar-refractivity contribution in [3.8, 4) is 0 Å². The predicted octanol–water partition coefficient (Wildman–Crippen LogP) is 0.687. The van der Waals surface area contributed by atoms with E-state index in [2.05, 4.69) is 10.4 Å². The summed E-state index contributed by atoms with van der Waals surface area (Å²) in [6.07, 6.45) is 1.64. The third kappa shape index (κ3) is 1.58. The van der Waals surface area contributed by atoms with Crippen molar-refractivity contribution < 1.29 is 4.79 Å². The number of anilines is 1. The molecule has 0 radical (unpaired) electrons. The molecule has 0 aliphatic carbocycles. The van der Waals surface area contributed by atoms with E-state index in [9.17, 15) is 4.79 Å². The van der Waals surface area contributed by atoms with Crippen LogP contribution in [0.2, 0.25) is 0 Å². The lowest BCUT2D eigenvalue weighted by atomic mass is 10.4. The van der Waals surface area contributed by atoms with Crippen LogP contribution in [-0.4, -0.2) is 15.7 Å². The fourth-order valence-electron chi connectivity index (χ4n) is 0.811. The van der Waals surface area contributed by atoms with Crippen molar-refractivity contribution in [1.82, 2.24) is 9.78 Å². The van der Waals surface area contributed by atoms with Gasteiger partial charge in [0.05, 0.1) is 17.6 Å². The first kappa shape index (κ1) is 7.78. The number of nitrogens with one attached hydrogen (secondary N) is 1. The molecule has 60 valence electrons. The Bertz CT molecular complexity index is 277. The Morgan fingerprint density at radius 3 is 2.73 bits per heavy atom. The molecule has 0 spiro atoms. The van der Waals surface area contributed by atoms with Crippen molar-refractivity contribution in [3.63, 3.8) is 0 Å². The second kappa shape index (κ2) is 2.74. The van der Waals surface area contributed by atoms with Crippen LogP contribution in [0.1, 0.15) is 12.6 Å². The van der Waals surface area contributed by atoms with Gasteiger partial charge in [-0.05, 0) is 6.92 Å². The van der Waals surface area contributed by atoms with Gasteiger partial charge >= 0.3 is 0 Å². The largest absolute Gasteiger partial charge is 0.323 e. The Labute approximate surface area is 65.2 Å². The molecule has 0 aliphatic heterocycles. The highest BCUT2D eigenvalue weighted by Crippen LogP contribution is 2.11. The van der Waals surface area contributed by atoms with Crippen LogP contribution >= 0.6 is 0 Å². The van der Waals surface area contributed by atoms with Crippen LogP contribution < -0.4 is 5.32 Å². The zero-order chi connectivity index (χ0) is 8.43. The topological polar surface area (TPSA) is 46.9 Å². The number of hydrogen-bond donors (Lipinski definition) is 1. The average Bonchev–Trinajstić information content (AvgIpc) is 2.18. The standard InChI is InChI=1S/C7H11N3O/c1-5-7(9-6(2)11)4-8-10(5)3/h4H,1-3H3,(H,9,11). The zero-order valence-corrected chi connectivity index (χ0v) is 6.88. The van der Waals surface area contributed by atoms with Gasteiger partial charge in [0, 0.05) is 14.0 Å². The molecule has 1 N–H and O–H groups in total. The normalized spacial score (nSPS) is 9.73. The first-order valence-electron chi connectivity index (χ1n) is 3.37. The molecule has 1 aromatic heterocycles.